The first-order valence-corrected chi connectivity index (χ1v) is 7.89. The van der Waals surface area contributed by atoms with Crippen LogP contribution in [0.25, 0.3) is 16.9 Å². The maximum atomic E-state index is 13.2. The van der Waals surface area contributed by atoms with Gasteiger partial charge in [0, 0.05) is 16.8 Å². The molecule has 0 atom stereocenters. The minimum absolute atomic E-state index is 0.0174. The van der Waals surface area contributed by atoms with Gasteiger partial charge in [0.15, 0.2) is 0 Å². The van der Waals surface area contributed by atoms with Crippen LogP contribution in [0.5, 0.6) is 0 Å². The summed E-state index contributed by atoms with van der Waals surface area (Å²) in [5.74, 6) is -0.0174. The first-order chi connectivity index (χ1) is 11.8. The zero-order valence-corrected chi connectivity index (χ0v) is 13.3. The van der Waals surface area contributed by atoms with E-state index in [0.29, 0.717) is 11.3 Å². The summed E-state index contributed by atoms with van der Waals surface area (Å²) >= 11 is 0. The standard InChI is InChI=1S/C21H16N2O/c1-15-9-8-14-18-22-19(16-10-4-2-5-11-16)20(23(15)18)21(24)17-12-6-3-7-13-17/h2-14H,1H3. The lowest BCUT2D eigenvalue weighted by molar-refractivity contribution is 0.103. The van der Waals surface area contributed by atoms with Crippen LogP contribution >= 0.6 is 0 Å². The Kier molecular flexibility index (Phi) is 3.47. The van der Waals surface area contributed by atoms with Gasteiger partial charge in [-0.1, -0.05) is 66.7 Å². The molecule has 4 aromatic rings. The van der Waals surface area contributed by atoms with Gasteiger partial charge in [0.2, 0.25) is 5.78 Å². The summed E-state index contributed by atoms with van der Waals surface area (Å²) in [5, 5.41) is 0. The van der Waals surface area contributed by atoms with Gasteiger partial charge in [-0.15, -0.1) is 0 Å². The zero-order chi connectivity index (χ0) is 16.5. The average Bonchev–Trinajstić information content (AvgIpc) is 3.03. The van der Waals surface area contributed by atoms with Crippen LogP contribution in [0.4, 0.5) is 0 Å². The topological polar surface area (TPSA) is 34.4 Å². The van der Waals surface area contributed by atoms with Crippen molar-refractivity contribution in [2.24, 2.45) is 0 Å². The molecule has 2 heterocycles. The summed E-state index contributed by atoms with van der Waals surface area (Å²) < 4.78 is 1.94. The Hall–Kier alpha value is -3.20. The number of ketones is 1. The van der Waals surface area contributed by atoms with Gasteiger partial charge in [-0.05, 0) is 19.1 Å². The molecule has 0 aliphatic rings. The van der Waals surface area contributed by atoms with Crippen molar-refractivity contribution in [3.05, 3.63) is 95.8 Å². The normalized spacial score (nSPS) is 10.9. The zero-order valence-electron chi connectivity index (χ0n) is 13.3. The van der Waals surface area contributed by atoms with Crippen LogP contribution in [0.1, 0.15) is 21.7 Å². The number of carbonyl (C=O) groups is 1. The van der Waals surface area contributed by atoms with Crippen LogP contribution in [-0.4, -0.2) is 15.2 Å². The van der Waals surface area contributed by atoms with E-state index in [1.54, 1.807) is 0 Å². The second kappa shape index (κ2) is 5.78. The molecule has 0 bridgehead atoms. The van der Waals surface area contributed by atoms with E-state index in [0.717, 1.165) is 22.6 Å². The lowest BCUT2D eigenvalue weighted by Gasteiger charge is -2.07. The lowest BCUT2D eigenvalue weighted by atomic mass is 10.0. The number of pyridine rings is 1. The fraction of sp³-hybridized carbons (Fsp3) is 0.0476. The van der Waals surface area contributed by atoms with Crippen molar-refractivity contribution in [1.29, 1.82) is 0 Å². The Morgan fingerprint density at radius 3 is 2.21 bits per heavy atom. The highest BCUT2D eigenvalue weighted by molar-refractivity contribution is 6.12. The number of hydrogen-bond acceptors (Lipinski definition) is 2. The Balaban J connectivity index is 2.03. The van der Waals surface area contributed by atoms with E-state index in [9.17, 15) is 4.79 Å². The number of imidazole rings is 1. The summed E-state index contributed by atoms with van der Waals surface area (Å²) in [4.78, 5) is 17.9. The van der Waals surface area contributed by atoms with E-state index in [4.69, 9.17) is 4.98 Å². The molecule has 116 valence electrons. The van der Waals surface area contributed by atoms with E-state index < -0.39 is 0 Å². The summed E-state index contributed by atoms with van der Waals surface area (Å²) in [6.45, 7) is 1.99. The highest BCUT2D eigenvalue weighted by Crippen LogP contribution is 2.27. The van der Waals surface area contributed by atoms with Crippen molar-refractivity contribution < 1.29 is 4.79 Å². The molecule has 2 aromatic carbocycles. The van der Waals surface area contributed by atoms with Crippen LogP contribution in [0, 0.1) is 6.92 Å². The van der Waals surface area contributed by atoms with Crippen molar-refractivity contribution in [3.8, 4) is 11.3 Å². The number of fused-ring (bicyclic) bond motifs is 1. The molecular formula is C21H16N2O. The van der Waals surface area contributed by atoms with E-state index in [1.165, 1.54) is 0 Å². The molecule has 0 spiro atoms. The third kappa shape index (κ3) is 2.31. The molecular weight excluding hydrogens is 296 g/mol. The number of aromatic nitrogens is 2. The Morgan fingerprint density at radius 2 is 1.50 bits per heavy atom. The summed E-state index contributed by atoms with van der Waals surface area (Å²) in [7, 11) is 0. The number of nitrogens with zero attached hydrogens (tertiary/aromatic N) is 2. The Labute approximate surface area is 140 Å². The van der Waals surface area contributed by atoms with Gasteiger partial charge in [-0.3, -0.25) is 9.20 Å². The van der Waals surface area contributed by atoms with Crippen molar-refractivity contribution in [2.45, 2.75) is 6.92 Å². The van der Waals surface area contributed by atoms with Gasteiger partial charge in [0.1, 0.15) is 17.0 Å². The van der Waals surface area contributed by atoms with E-state index in [2.05, 4.69) is 0 Å². The van der Waals surface area contributed by atoms with E-state index in [-0.39, 0.29) is 5.78 Å². The Morgan fingerprint density at radius 1 is 0.833 bits per heavy atom. The summed E-state index contributed by atoms with van der Waals surface area (Å²) in [6, 6.07) is 25.1. The van der Waals surface area contributed by atoms with Gasteiger partial charge in [0.05, 0.1) is 0 Å². The number of aryl methyl sites for hydroxylation is 1. The van der Waals surface area contributed by atoms with Gasteiger partial charge >= 0.3 is 0 Å². The highest BCUT2D eigenvalue weighted by atomic mass is 16.1. The second-order valence-corrected chi connectivity index (χ2v) is 5.73. The fourth-order valence-electron chi connectivity index (χ4n) is 2.99. The molecule has 0 fully saturated rings. The van der Waals surface area contributed by atoms with Crippen LogP contribution in [-0.2, 0) is 0 Å². The molecule has 0 unspecified atom stereocenters. The fourth-order valence-corrected chi connectivity index (χ4v) is 2.99. The van der Waals surface area contributed by atoms with Crippen LogP contribution in [0.15, 0.2) is 78.9 Å². The largest absolute Gasteiger partial charge is 0.293 e. The highest BCUT2D eigenvalue weighted by Gasteiger charge is 2.22. The predicted molar refractivity (Wildman–Crippen MR) is 95.2 cm³/mol. The van der Waals surface area contributed by atoms with Gasteiger partial charge < -0.3 is 0 Å². The molecule has 0 amide bonds. The molecule has 4 rings (SSSR count). The van der Waals surface area contributed by atoms with Crippen molar-refractivity contribution in [2.75, 3.05) is 0 Å². The van der Waals surface area contributed by atoms with E-state index in [1.807, 2.05) is 90.2 Å². The first kappa shape index (κ1) is 14.4. The first-order valence-electron chi connectivity index (χ1n) is 7.89. The lowest BCUT2D eigenvalue weighted by Crippen LogP contribution is -2.08. The Bertz CT molecular complexity index is 1020. The van der Waals surface area contributed by atoms with Gasteiger partial charge in [0.25, 0.3) is 0 Å². The number of carbonyl (C=O) groups excluding carboxylic acids is 1. The molecule has 2 aromatic heterocycles. The second-order valence-electron chi connectivity index (χ2n) is 5.73. The quantitative estimate of drug-likeness (QED) is 0.520. The number of hydrogen-bond donors (Lipinski definition) is 0. The molecule has 0 saturated carbocycles. The van der Waals surface area contributed by atoms with Gasteiger partial charge in [-0.2, -0.15) is 0 Å². The van der Waals surface area contributed by atoms with Crippen molar-refractivity contribution >= 4 is 11.4 Å². The predicted octanol–water partition coefficient (Wildman–Crippen LogP) is 4.54. The third-order valence-electron chi connectivity index (χ3n) is 4.14. The monoisotopic (exact) mass is 312 g/mol. The third-order valence-corrected chi connectivity index (χ3v) is 4.14. The van der Waals surface area contributed by atoms with Crippen LogP contribution in [0.2, 0.25) is 0 Å². The minimum Gasteiger partial charge on any atom is -0.293 e. The van der Waals surface area contributed by atoms with Gasteiger partial charge in [-0.25, -0.2) is 4.98 Å². The van der Waals surface area contributed by atoms with Crippen LogP contribution < -0.4 is 0 Å². The molecule has 0 radical (unpaired) electrons. The molecule has 24 heavy (non-hydrogen) atoms. The molecule has 0 aliphatic heterocycles. The molecule has 0 aliphatic carbocycles. The number of benzene rings is 2. The molecule has 3 nitrogen and oxygen atoms in total. The molecule has 0 saturated heterocycles. The smallest absolute Gasteiger partial charge is 0.212 e. The molecule has 0 N–H and O–H groups in total. The maximum absolute atomic E-state index is 13.2. The summed E-state index contributed by atoms with van der Waals surface area (Å²) in [6.07, 6.45) is 0. The maximum Gasteiger partial charge on any atom is 0.212 e. The summed E-state index contributed by atoms with van der Waals surface area (Å²) in [5.41, 5.74) is 4.72. The van der Waals surface area contributed by atoms with Crippen molar-refractivity contribution in [3.63, 3.8) is 0 Å². The van der Waals surface area contributed by atoms with Crippen LogP contribution in [0.3, 0.4) is 0 Å². The average molecular weight is 312 g/mol. The number of rotatable bonds is 3. The van der Waals surface area contributed by atoms with Crippen molar-refractivity contribution in [1.82, 2.24) is 9.38 Å². The SMILES string of the molecule is Cc1cccc2nc(-c3ccccc3)c(C(=O)c3ccccc3)n12. The molecule has 3 heteroatoms. The minimum atomic E-state index is -0.0174. The van der Waals surface area contributed by atoms with E-state index >= 15 is 0 Å².